The van der Waals surface area contributed by atoms with Gasteiger partial charge in [0.1, 0.15) is 5.75 Å². The maximum atomic E-state index is 13.4. The minimum Gasteiger partial charge on any atom is -0.497 e. The van der Waals surface area contributed by atoms with E-state index in [1.165, 1.54) is 44.4 Å². The van der Waals surface area contributed by atoms with Crippen LogP contribution in [0.3, 0.4) is 0 Å². The monoisotopic (exact) mass is 384 g/mol. The Morgan fingerprint density at radius 1 is 1.12 bits per heavy atom. The van der Waals surface area contributed by atoms with Gasteiger partial charge in [-0.25, -0.2) is 21.9 Å². The number of methoxy groups -OCH3 is 1. The van der Waals surface area contributed by atoms with Crippen molar-refractivity contribution in [1.29, 1.82) is 0 Å². The van der Waals surface area contributed by atoms with Crippen LogP contribution in [0.4, 0.5) is 14.5 Å². The summed E-state index contributed by atoms with van der Waals surface area (Å²) in [4.78, 5) is 12.9. The molecule has 0 saturated heterocycles. The van der Waals surface area contributed by atoms with Crippen LogP contribution in [0.2, 0.25) is 0 Å². The highest BCUT2D eigenvalue weighted by atomic mass is 32.2. The van der Waals surface area contributed by atoms with E-state index in [2.05, 4.69) is 4.72 Å². The standard InChI is InChI=1S/C17H18F2N2O4S/c1-12(22)21(13-3-8-16(18)17(19)11-13)10-9-20-26(23,24)15-6-4-14(25-2)5-7-15/h3-8,11,20H,9-10H2,1-2H3. The van der Waals surface area contributed by atoms with Crippen LogP contribution in [-0.2, 0) is 14.8 Å². The van der Waals surface area contributed by atoms with E-state index in [0.29, 0.717) is 5.75 Å². The lowest BCUT2D eigenvalue weighted by Gasteiger charge is -2.21. The first-order valence-corrected chi connectivity index (χ1v) is 9.10. The summed E-state index contributed by atoms with van der Waals surface area (Å²) < 4.78 is 58.2. The Morgan fingerprint density at radius 3 is 2.31 bits per heavy atom. The number of rotatable bonds is 7. The number of amides is 1. The van der Waals surface area contributed by atoms with E-state index in [1.54, 1.807) is 0 Å². The molecule has 0 heterocycles. The molecule has 0 spiro atoms. The van der Waals surface area contributed by atoms with Crippen LogP contribution < -0.4 is 14.4 Å². The molecule has 0 aliphatic carbocycles. The molecule has 140 valence electrons. The highest BCUT2D eigenvalue weighted by Crippen LogP contribution is 2.18. The molecule has 26 heavy (non-hydrogen) atoms. The maximum absolute atomic E-state index is 13.4. The molecular formula is C17H18F2N2O4S. The van der Waals surface area contributed by atoms with Gasteiger partial charge < -0.3 is 9.64 Å². The first-order chi connectivity index (χ1) is 12.2. The van der Waals surface area contributed by atoms with Gasteiger partial charge in [-0.3, -0.25) is 4.79 Å². The van der Waals surface area contributed by atoms with Crippen LogP contribution in [0.25, 0.3) is 0 Å². The van der Waals surface area contributed by atoms with Crippen LogP contribution in [0.1, 0.15) is 6.92 Å². The molecule has 0 unspecified atom stereocenters. The van der Waals surface area contributed by atoms with Gasteiger partial charge in [-0.05, 0) is 36.4 Å². The van der Waals surface area contributed by atoms with Crippen LogP contribution in [0.15, 0.2) is 47.4 Å². The largest absolute Gasteiger partial charge is 0.497 e. The van der Waals surface area contributed by atoms with Gasteiger partial charge in [0.25, 0.3) is 0 Å². The van der Waals surface area contributed by atoms with E-state index in [1.807, 2.05) is 0 Å². The van der Waals surface area contributed by atoms with Gasteiger partial charge in [-0.15, -0.1) is 0 Å². The second-order valence-electron chi connectivity index (χ2n) is 5.34. The van der Waals surface area contributed by atoms with Gasteiger partial charge in [0.2, 0.25) is 15.9 Å². The van der Waals surface area contributed by atoms with E-state index in [9.17, 15) is 22.0 Å². The number of benzene rings is 2. The molecule has 2 rings (SSSR count). The smallest absolute Gasteiger partial charge is 0.240 e. The molecule has 0 bridgehead atoms. The number of carbonyl (C=O) groups is 1. The molecule has 0 aromatic heterocycles. The minimum absolute atomic E-state index is 0.0421. The van der Waals surface area contributed by atoms with Gasteiger partial charge in [0.15, 0.2) is 11.6 Å². The van der Waals surface area contributed by atoms with Gasteiger partial charge in [-0.1, -0.05) is 0 Å². The Kier molecular flexibility index (Phi) is 6.27. The predicted molar refractivity (Wildman–Crippen MR) is 92.6 cm³/mol. The predicted octanol–water partition coefficient (Wildman–Crippen LogP) is 2.30. The number of nitrogens with one attached hydrogen (secondary N) is 1. The van der Waals surface area contributed by atoms with Gasteiger partial charge in [0, 0.05) is 31.8 Å². The molecule has 1 N–H and O–H groups in total. The van der Waals surface area contributed by atoms with Crippen molar-refractivity contribution in [3.8, 4) is 5.75 Å². The number of hydrogen-bond acceptors (Lipinski definition) is 4. The maximum Gasteiger partial charge on any atom is 0.240 e. The van der Waals surface area contributed by atoms with Crippen molar-refractivity contribution in [3.05, 3.63) is 54.1 Å². The lowest BCUT2D eigenvalue weighted by molar-refractivity contribution is -0.116. The van der Waals surface area contributed by atoms with Crippen molar-refractivity contribution < 1.29 is 26.7 Å². The third-order valence-electron chi connectivity index (χ3n) is 3.59. The molecule has 2 aromatic carbocycles. The molecule has 0 radical (unpaired) electrons. The summed E-state index contributed by atoms with van der Waals surface area (Å²) in [5, 5.41) is 0. The van der Waals surface area contributed by atoms with E-state index < -0.39 is 27.6 Å². The zero-order valence-electron chi connectivity index (χ0n) is 14.2. The topological polar surface area (TPSA) is 75.7 Å². The molecule has 6 nitrogen and oxygen atoms in total. The molecule has 0 aliphatic heterocycles. The highest BCUT2D eigenvalue weighted by Gasteiger charge is 2.17. The molecule has 0 atom stereocenters. The second kappa shape index (κ2) is 8.24. The number of anilines is 1. The molecule has 0 fully saturated rings. The first-order valence-electron chi connectivity index (χ1n) is 7.61. The minimum atomic E-state index is -3.78. The summed E-state index contributed by atoms with van der Waals surface area (Å²) in [6.45, 7) is 1.10. The zero-order valence-corrected chi connectivity index (χ0v) is 15.0. The summed E-state index contributed by atoms with van der Waals surface area (Å²) in [5.41, 5.74) is 0.139. The number of hydrogen-bond donors (Lipinski definition) is 1. The third kappa shape index (κ3) is 4.77. The van der Waals surface area contributed by atoms with Crippen molar-refractivity contribution in [2.75, 3.05) is 25.1 Å². The Hall–Kier alpha value is -2.52. The Bertz CT molecular complexity index is 886. The molecule has 1 amide bonds. The fourth-order valence-corrected chi connectivity index (χ4v) is 3.27. The van der Waals surface area contributed by atoms with E-state index in [-0.39, 0.29) is 23.7 Å². The normalized spacial score (nSPS) is 11.2. The van der Waals surface area contributed by atoms with Crippen molar-refractivity contribution in [3.63, 3.8) is 0 Å². The van der Waals surface area contributed by atoms with Crippen molar-refractivity contribution in [2.45, 2.75) is 11.8 Å². The Balaban J connectivity index is 2.06. The van der Waals surface area contributed by atoms with Crippen molar-refractivity contribution >= 4 is 21.6 Å². The summed E-state index contributed by atoms with van der Waals surface area (Å²) in [5.74, 6) is -2.03. The van der Waals surface area contributed by atoms with Crippen LogP contribution in [0, 0.1) is 11.6 Å². The third-order valence-corrected chi connectivity index (χ3v) is 5.07. The Labute approximate surface area is 150 Å². The fraction of sp³-hybridized carbons (Fsp3) is 0.235. The lowest BCUT2D eigenvalue weighted by atomic mass is 10.2. The van der Waals surface area contributed by atoms with Gasteiger partial charge in [-0.2, -0.15) is 0 Å². The molecule has 9 heteroatoms. The van der Waals surface area contributed by atoms with Crippen LogP contribution >= 0.6 is 0 Å². The number of nitrogens with zero attached hydrogens (tertiary/aromatic N) is 1. The summed E-state index contributed by atoms with van der Waals surface area (Å²) in [7, 11) is -2.31. The first kappa shape index (κ1) is 19.8. The average molecular weight is 384 g/mol. The van der Waals surface area contributed by atoms with E-state index in [4.69, 9.17) is 4.74 Å². The van der Waals surface area contributed by atoms with Crippen molar-refractivity contribution in [1.82, 2.24) is 4.72 Å². The summed E-state index contributed by atoms with van der Waals surface area (Å²) in [6, 6.07) is 8.84. The number of carbonyl (C=O) groups excluding carboxylic acids is 1. The molecule has 0 saturated carbocycles. The SMILES string of the molecule is COc1ccc(S(=O)(=O)NCCN(C(C)=O)c2ccc(F)c(F)c2)cc1. The number of sulfonamides is 1. The Morgan fingerprint density at radius 2 is 1.77 bits per heavy atom. The van der Waals surface area contributed by atoms with Gasteiger partial charge in [0.05, 0.1) is 12.0 Å². The molecular weight excluding hydrogens is 366 g/mol. The molecule has 0 aliphatic rings. The lowest BCUT2D eigenvalue weighted by Crippen LogP contribution is -2.37. The average Bonchev–Trinajstić information content (AvgIpc) is 2.61. The van der Waals surface area contributed by atoms with E-state index in [0.717, 1.165) is 17.0 Å². The zero-order chi connectivity index (χ0) is 19.3. The summed E-state index contributed by atoms with van der Waals surface area (Å²) in [6.07, 6.45) is 0. The quantitative estimate of drug-likeness (QED) is 0.795. The van der Waals surface area contributed by atoms with E-state index >= 15 is 0 Å². The summed E-state index contributed by atoms with van der Waals surface area (Å²) >= 11 is 0. The molecule has 2 aromatic rings. The highest BCUT2D eigenvalue weighted by molar-refractivity contribution is 7.89. The van der Waals surface area contributed by atoms with Crippen LogP contribution in [-0.4, -0.2) is 34.5 Å². The van der Waals surface area contributed by atoms with Crippen LogP contribution in [0.5, 0.6) is 5.75 Å². The number of ether oxygens (including phenoxy) is 1. The van der Waals surface area contributed by atoms with Crippen molar-refractivity contribution in [2.24, 2.45) is 0 Å². The van der Waals surface area contributed by atoms with Gasteiger partial charge >= 0.3 is 0 Å². The number of halogens is 2. The second-order valence-corrected chi connectivity index (χ2v) is 7.11. The fourth-order valence-electron chi connectivity index (χ4n) is 2.25.